The average Bonchev–Trinajstić information content (AvgIpc) is 2.60. The van der Waals surface area contributed by atoms with Gasteiger partial charge >= 0.3 is 12.3 Å². The molecule has 1 saturated carbocycles. The predicted octanol–water partition coefficient (Wildman–Crippen LogP) is 5.16. The predicted molar refractivity (Wildman–Crippen MR) is 88.2 cm³/mol. The molecule has 4 nitrogen and oxygen atoms in total. The molecule has 2 rings (SSSR count). The van der Waals surface area contributed by atoms with Crippen molar-refractivity contribution in [3.05, 3.63) is 36.4 Å². The lowest BCUT2D eigenvalue weighted by Crippen LogP contribution is -2.25. The van der Waals surface area contributed by atoms with Crippen molar-refractivity contribution in [1.82, 2.24) is 0 Å². The second kappa shape index (κ2) is 9.27. The molecular formula is C19H20F3NO3. The Labute approximate surface area is 150 Å². The third-order valence-electron chi connectivity index (χ3n) is 4.39. The zero-order valence-corrected chi connectivity index (χ0v) is 14.2. The zero-order valence-electron chi connectivity index (χ0n) is 14.2. The van der Waals surface area contributed by atoms with Crippen LogP contribution in [-0.2, 0) is 4.79 Å². The lowest BCUT2D eigenvalue weighted by atomic mass is 9.80. The van der Waals surface area contributed by atoms with Gasteiger partial charge in [0.15, 0.2) is 0 Å². The average molecular weight is 367 g/mol. The molecule has 1 aromatic rings. The van der Waals surface area contributed by atoms with Gasteiger partial charge in [-0.15, -0.1) is 13.2 Å². The van der Waals surface area contributed by atoms with Crippen molar-refractivity contribution >= 4 is 5.97 Å². The van der Waals surface area contributed by atoms with Crippen molar-refractivity contribution in [3.63, 3.8) is 0 Å². The van der Waals surface area contributed by atoms with E-state index in [-0.39, 0.29) is 23.4 Å². The van der Waals surface area contributed by atoms with Crippen LogP contribution in [0, 0.1) is 23.2 Å². The molecule has 0 heterocycles. The maximum absolute atomic E-state index is 12.2. The number of ether oxygens (including phenoxy) is 2. The molecule has 0 atom stereocenters. The van der Waals surface area contributed by atoms with Crippen molar-refractivity contribution in [3.8, 4) is 17.6 Å². The number of hydrogen-bond acceptors (Lipinski definition) is 4. The number of alkyl halides is 3. The van der Waals surface area contributed by atoms with Gasteiger partial charge in [-0.05, 0) is 68.7 Å². The molecule has 1 fully saturated rings. The highest BCUT2D eigenvalue weighted by molar-refractivity contribution is 5.75. The molecule has 1 aliphatic rings. The van der Waals surface area contributed by atoms with Gasteiger partial charge in [0.2, 0.25) is 0 Å². The zero-order chi connectivity index (χ0) is 19.0. The number of nitrogens with zero attached hydrogens (tertiary/aromatic N) is 1. The summed E-state index contributed by atoms with van der Waals surface area (Å²) in [5.74, 6) is -0.151. The van der Waals surface area contributed by atoms with Gasteiger partial charge in [0.25, 0.3) is 0 Å². The highest BCUT2D eigenvalue weighted by Gasteiger charge is 2.31. The number of halogens is 3. The molecule has 0 aliphatic heterocycles. The minimum absolute atomic E-state index is 0.188. The fourth-order valence-electron chi connectivity index (χ4n) is 3.06. The van der Waals surface area contributed by atoms with Crippen molar-refractivity contribution in [1.29, 1.82) is 5.26 Å². The smallest absolute Gasteiger partial charge is 0.426 e. The number of nitriles is 1. The van der Waals surface area contributed by atoms with Gasteiger partial charge in [-0.2, -0.15) is 5.26 Å². The van der Waals surface area contributed by atoms with Crippen LogP contribution in [0.2, 0.25) is 0 Å². The number of carbonyl (C=O) groups is 1. The molecule has 0 radical (unpaired) electrons. The Hall–Kier alpha value is -2.49. The summed E-state index contributed by atoms with van der Waals surface area (Å²) in [6.07, 6.45) is 3.78. The van der Waals surface area contributed by atoms with E-state index in [4.69, 9.17) is 10.00 Å². The third kappa shape index (κ3) is 6.79. The molecule has 1 aromatic carbocycles. The van der Waals surface area contributed by atoms with E-state index < -0.39 is 6.36 Å². The van der Waals surface area contributed by atoms with Crippen LogP contribution in [0.25, 0.3) is 0 Å². The molecule has 0 bridgehead atoms. The van der Waals surface area contributed by atoms with Crippen LogP contribution >= 0.6 is 0 Å². The van der Waals surface area contributed by atoms with Gasteiger partial charge in [0, 0.05) is 6.08 Å². The monoisotopic (exact) mass is 367 g/mol. The summed E-state index contributed by atoms with van der Waals surface area (Å²) in [7, 11) is 0. The molecule has 1 aliphatic carbocycles. The summed E-state index contributed by atoms with van der Waals surface area (Å²) in [5.41, 5.74) is 0. The first-order chi connectivity index (χ1) is 12.4. The van der Waals surface area contributed by atoms with Gasteiger partial charge in [0.1, 0.15) is 11.5 Å². The van der Waals surface area contributed by atoms with E-state index >= 15 is 0 Å². The van der Waals surface area contributed by atoms with Gasteiger partial charge in [-0.3, -0.25) is 4.79 Å². The maximum Gasteiger partial charge on any atom is 0.573 e. The van der Waals surface area contributed by atoms with Crippen LogP contribution < -0.4 is 9.47 Å². The number of allylic oxidation sites excluding steroid dienone is 2. The Morgan fingerprint density at radius 1 is 1.15 bits per heavy atom. The Kier molecular flexibility index (Phi) is 7.07. The Morgan fingerprint density at radius 2 is 1.77 bits per heavy atom. The Balaban J connectivity index is 1.77. The number of esters is 1. The normalized spacial score (nSPS) is 20.5. The number of carbonyl (C=O) groups excluding carboxylic acids is 1. The maximum atomic E-state index is 12.2. The summed E-state index contributed by atoms with van der Waals surface area (Å²) < 4.78 is 45.4. The van der Waals surface area contributed by atoms with Crippen LogP contribution in [0.4, 0.5) is 13.2 Å². The fourth-order valence-corrected chi connectivity index (χ4v) is 3.06. The van der Waals surface area contributed by atoms with E-state index in [1.807, 2.05) is 12.1 Å². The van der Waals surface area contributed by atoms with Gasteiger partial charge in [0.05, 0.1) is 12.0 Å². The number of rotatable bonds is 6. The van der Waals surface area contributed by atoms with Gasteiger partial charge in [-0.25, -0.2) is 0 Å². The first-order valence-electron chi connectivity index (χ1n) is 8.49. The minimum Gasteiger partial charge on any atom is -0.426 e. The van der Waals surface area contributed by atoms with Gasteiger partial charge < -0.3 is 9.47 Å². The Morgan fingerprint density at radius 3 is 2.35 bits per heavy atom. The molecular weight excluding hydrogens is 347 g/mol. The highest BCUT2D eigenvalue weighted by atomic mass is 19.4. The van der Waals surface area contributed by atoms with Crippen LogP contribution in [-0.4, -0.2) is 12.3 Å². The van der Waals surface area contributed by atoms with Crippen molar-refractivity contribution < 1.29 is 27.4 Å². The van der Waals surface area contributed by atoms with Crippen LogP contribution in [0.1, 0.15) is 38.5 Å². The van der Waals surface area contributed by atoms with E-state index in [0.717, 1.165) is 50.7 Å². The quantitative estimate of drug-likeness (QED) is 0.396. The van der Waals surface area contributed by atoms with E-state index in [1.165, 1.54) is 18.2 Å². The Bertz CT molecular complexity index is 654. The molecule has 0 aromatic heterocycles. The number of benzene rings is 1. The van der Waals surface area contributed by atoms with Crippen LogP contribution in [0.3, 0.4) is 0 Å². The van der Waals surface area contributed by atoms with Gasteiger partial charge in [-0.1, -0.05) is 6.08 Å². The topological polar surface area (TPSA) is 59.3 Å². The lowest BCUT2D eigenvalue weighted by molar-refractivity contribution is -0.274. The van der Waals surface area contributed by atoms with Crippen LogP contribution in [0.5, 0.6) is 11.5 Å². The molecule has 7 heteroatoms. The standard InChI is InChI=1S/C19H20F3NO3/c20-19(21,22)26-17-11-9-16(10-12-17)25-18(24)15-7-5-14(6-8-15)4-2-1-3-13-23/h1,3,9-12,14-15H,2,4-8H2/t14-,15-. The van der Waals surface area contributed by atoms with Crippen molar-refractivity contribution in [2.45, 2.75) is 44.9 Å². The first-order valence-corrected chi connectivity index (χ1v) is 8.49. The second-order valence-corrected chi connectivity index (χ2v) is 6.27. The SMILES string of the molecule is N#CC=CCC[C@H]1CC[C@H](C(=O)Oc2ccc(OC(F)(F)F)cc2)CC1. The summed E-state index contributed by atoms with van der Waals surface area (Å²) in [6.45, 7) is 0. The molecule has 0 spiro atoms. The summed E-state index contributed by atoms with van der Waals surface area (Å²) in [5, 5.41) is 8.44. The fraction of sp³-hybridized carbons (Fsp3) is 0.474. The molecule has 0 unspecified atom stereocenters. The van der Waals surface area contributed by atoms with E-state index in [0.29, 0.717) is 5.92 Å². The third-order valence-corrected chi connectivity index (χ3v) is 4.39. The van der Waals surface area contributed by atoms with E-state index in [9.17, 15) is 18.0 Å². The second-order valence-electron chi connectivity index (χ2n) is 6.27. The highest BCUT2D eigenvalue weighted by Crippen LogP contribution is 2.33. The molecule has 26 heavy (non-hydrogen) atoms. The van der Waals surface area contributed by atoms with E-state index in [1.54, 1.807) is 0 Å². The van der Waals surface area contributed by atoms with Crippen molar-refractivity contribution in [2.75, 3.05) is 0 Å². The molecule has 0 N–H and O–H groups in total. The largest absolute Gasteiger partial charge is 0.573 e. The van der Waals surface area contributed by atoms with Crippen molar-refractivity contribution in [2.24, 2.45) is 11.8 Å². The minimum atomic E-state index is -4.75. The van der Waals surface area contributed by atoms with E-state index in [2.05, 4.69) is 4.74 Å². The molecule has 140 valence electrons. The first kappa shape index (κ1) is 19.8. The number of hydrogen-bond donors (Lipinski definition) is 0. The molecule has 0 saturated heterocycles. The summed E-state index contributed by atoms with van der Waals surface area (Å²) >= 11 is 0. The lowest BCUT2D eigenvalue weighted by Gasteiger charge is -2.26. The molecule has 0 amide bonds. The summed E-state index contributed by atoms with van der Waals surface area (Å²) in [4.78, 5) is 12.2. The van der Waals surface area contributed by atoms with Crippen LogP contribution in [0.15, 0.2) is 36.4 Å². The summed E-state index contributed by atoms with van der Waals surface area (Å²) in [6, 6.07) is 6.75.